The predicted molar refractivity (Wildman–Crippen MR) is 148 cm³/mol. The van der Waals surface area contributed by atoms with Gasteiger partial charge in [0.15, 0.2) is 0 Å². The van der Waals surface area contributed by atoms with Gasteiger partial charge in [0, 0.05) is 18.5 Å². The number of benzene rings is 3. The lowest BCUT2D eigenvalue weighted by atomic mass is 9.98. The maximum Gasteiger partial charge on any atom is 0.235 e. The van der Waals surface area contributed by atoms with Gasteiger partial charge in [-0.05, 0) is 78.9 Å². The Morgan fingerprint density at radius 2 is 1.86 bits per heavy atom. The predicted octanol–water partition coefficient (Wildman–Crippen LogP) is 4.42. The molecule has 2 atom stereocenters. The molecule has 1 saturated heterocycles. The van der Waals surface area contributed by atoms with Crippen molar-refractivity contribution in [3.8, 4) is 5.75 Å². The molecule has 0 saturated carbocycles. The lowest BCUT2D eigenvalue weighted by molar-refractivity contribution is 0.124. The average molecular weight is 520 g/mol. The Labute approximate surface area is 218 Å². The number of ether oxygens (including phenoxy) is 1. The third-order valence-electron chi connectivity index (χ3n) is 7.36. The van der Waals surface area contributed by atoms with E-state index in [1.807, 2.05) is 59.5 Å². The van der Waals surface area contributed by atoms with E-state index in [1.54, 1.807) is 18.2 Å². The molecule has 9 heteroatoms. The molecule has 2 unspecified atom stereocenters. The number of hydrogen-bond acceptors (Lipinski definition) is 5. The van der Waals surface area contributed by atoms with Crippen molar-refractivity contribution in [1.29, 1.82) is 10.8 Å². The van der Waals surface area contributed by atoms with E-state index in [4.69, 9.17) is 21.3 Å². The molecule has 0 bridgehead atoms. The van der Waals surface area contributed by atoms with E-state index >= 15 is 0 Å². The molecule has 3 aromatic rings. The minimum atomic E-state index is -3.53. The molecule has 0 amide bonds. The van der Waals surface area contributed by atoms with Crippen LogP contribution in [-0.2, 0) is 16.4 Å². The molecule has 37 heavy (non-hydrogen) atoms. The van der Waals surface area contributed by atoms with Crippen LogP contribution in [0.5, 0.6) is 5.75 Å². The van der Waals surface area contributed by atoms with Crippen LogP contribution < -0.4 is 14.8 Å². The van der Waals surface area contributed by atoms with Crippen molar-refractivity contribution in [2.75, 3.05) is 23.1 Å². The molecule has 0 aliphatic carbocycles. The Bertz CT molecular complexity index is 1490. The standard InChI is InChI=1S/C28H33N5O3S/c1-3-37(34,35)33-26-11-10-24(36-25-5-4-12-32(17-25)18(2)29)15-23(26)16-27(33)20-8-6-19-7-9-21(28(30)31)14-22(19)13-20/h6-11,13-15,25,27,29H,3-5,12,16-17H2,1-2H3,(H3,30,31). The van der Waals surface area contributed by atoms with Crippen molar-refractivity contribution in [3.05, 3.63) is 71.3 Å². The summed E-state index contributed by atoms with van der Waals surface area (Å²) in [5, 5.41) is 17.6. The van der Waals surface area contributed by atoms with Crippen LogP contribution in [0.1, 0.15) is 49.4 Å². The van der Waals surface area contributed by atoms with Gasteiger partial charge in [-0.15, -0.1) is 0 Å². The normalized spacial score (nSPS) is 19.6. The SMILES string of the molecule is CCS(=O)(=O)N1c2ccc(OC3CCCN(C(C)=N)C3)cc2CC1c1ccc2ccc(C(=N)N)cc2c1. The molecule has 0 spiro atoms. The fourth-order valence-electron chi connectivity index (χ4n) is 5.38. The quantitative estimate of drug-likeness (QED) is 0.329. The summed E-state index contributed by atoms with van der Waals surface area (Å²) in [6, 6.07) is 16.9. The number of nitrogens with zero attached hydrogens (tertiary/aromatic N) is 2. The van der Waals surface area contributed by atoms with Crippen molar-refractivity contribution in [2.45, 2.75) is 45.3 Å². The maximum absolute atomic E-state index is 13.3. The fourth-order valence-corrected chi connectivity index (χ4v) is 6.72. The third kappa shape index (κ3) is 4.87. The average Bonchev–Trinajstić information content (AvgIpc) is 3.28. The minimum absolute atomic E-state index is 0.000143. The highest BCUT2D eigenvalue weighted by atomic mass is 32.2. The van der Waals surface area contributed by atoms with Crippen molar-refractivity contribution in [1.82, 2.24) is 4.90 Å². The zero-order valence-electron chi connectivity index (χ0n) is 21.2. The van der Waals surface area contributed by atoms with Crippen LogP contribution in [0.3, 0.4) is 0 Å². The van der Waals surface area contributed by atoms with E-state index in [2.05, 4.69) is 0 Å². The van der Waals surface area contributed by atoms with Crippen LogP contribution in [0.2, 0.25) is 0 Å². The smallest absolute Gasteiger partial charge is 0.235 e. The number of sulfonamides is 1. The van der Waals surface area contributed by atoms with Crippen molar-refractivity contribution in [3.63, 3.8) is 0 Å². The Morgan fingerprint density at radius 1 is 1.08 bits per heavy atom. The Hall–Kier alpha value is -3.59. The van der Waals surface area contributed by atoms with Crippen LogP contribution in [0.4, 0.5) is 5.69 Å². The van der Waals surface area contributed by atoms with Crippen LogP contribution in [0.25, 0.3) is 10.8 Å². The first-order chi connectivity index (χ1) is 17.7. The Kier molecular flexibility index (Phi) is 6.58. The number of piperidine rings is 1. The van der Waals surface area contributed by atoms with Crippen LogP contribution in [-0.4, -0.2) is 49.9 Å². The number of anilines is 1. The zero-order valence-corrected chi connectivity index (χ0v) is 22.0. The molecule has 3 aromatic carbocycles. The fraction of sp³-hybridized carbons (Fsp3) is 0.357. The van der Waals surface area contributed by atoms with Gasteiger partial charge in [-0.2, -0.15) is 0 Å². The summed E-state index contributed by atoms with van der Waals surface area (Å²) < 4.78 is 34.4. The van der Waals surface area contributed by atoms with Gasteiger partial charge in [0.2, 0.25) is 10.0 Å². The van der Waals surface area contributed by atoms with Gasteiger partial charge in [0.25, 0.3) is 0 Å². The molecule has 1 fully saturated rings. The van der Waals surface area contributed by atoms with E-state index in [-0.39, 0.29) is 23.7 Å². The van der Waals surface area contributed by atoms with E-state index in [1.165, 1.54) is 0 Å². The summed E-state index contributed by atoms with van der Waals surface area (Å²) in [6.07, 6.45) is 2.44. The largest absolute Gasteiger partial charge is 0.489 e. The van der Waals surface area contributed by atoms with E-state index in [9.17, 15) is 8.42 Å². The Balaban J connectivity index is 1.48. The zero-order chi connectivity index (χ0) is 26.3. The molecule has 0 radical (unpaired) electrons. The van der Waals surface area contributed by atoms with Gasteiger partial charge < -0.3 is 15.4 Å². The van der Waals surface area contributed by atoms with Crippen LogP contribution in [0.15, 0.2) is 54.6 Å². The van der Waals surface area contributed by atoms with Crippen molar-refractivity contribution < 1.29 is 13.2 Å². The molecule has 8 nitrogen and oxygen atoms in total. The first kappa shape index (κ1) is 25.1. The van der Waals surface area contributed by atoms with Crippen LogP contribution >= 0.6 is 0 Å². The molecular formula is C28H33N5O3S. The molecule has 2 aliphatic heterocycles. The van der Waals surface area contributed by atoms with Gasteiger partial charge in [0.1, 0.15) is 17.7 Å². The number of rotatable bonds is 6. The maximum atomic E-state index is 13.3. The molecule has 5 rings (SSSR count). The van der Waals surface area contributed by atoms with Gasteiger partial charge in [0.05, 0.1) is 29.9 Å². The molecule has 4 N–H and O–H groups in total. The molecule has 194 valence electrons. The van der Waals surface area contributed by atoms with Gasteiger partial charge in [-0.25, -0.2) is 8.42 Å². The summed E-state index contributed by atoms with van der Waals surface area (Å²) in [5.41, 5.74) is 8.86. The van der Waals surface area contributed by atoms with Gasteiger partial charge >= 0.3 is 0 Å². The highest BCUT2D eigenvalue weighted by molar-refractivity contribution is 7.92. The summed E-state index contributed by atoms with van der Waals surface area (Å²) >= 11 is 0. The summed E-state index contributed by atoms with van der Waals surface area (Å²) in [6.45, 7) is 5.03. The second kappa shape index (κ2) is 9.70. The lowest BCUT2D eigenvalue weighted by Crippen LogP contribution is -2.43. The number of fused-ring (bicyclic) bond motifs is 2. The third-order valence-corrected chi connectivity index (χ3v) is 9.14. The highest BCUT2D eigenvalue weighted by Gasteiger charge is 2.38. The first-order valence-corrected chi connectivity index (χ1v) is 14.3. The van der Waals surface area contributed by atoms with Crippen LogP contribution in [0, 0.1) is 10.8 Å². The molecule has 2 aliphatic rings. The summed E-state index contributed by atoms with van der Waals surface area (Å²) in [7, 11) is -3.53. The number of nitrogens with two attached hydrogens (primary N) is 1. The van der Waals surface area contributed by atoms with E-state index < -0.39 is 10.0 Å². The second-order valence-electron chi connectivity index (χ2n) is 9.86. The summed E-state index contributed by atoms with van der Waals surface area (Å²) in [5.74, 6) is 1.29. The Morgan fingerprint density at radius 3 is 2.59 bits per heavy atom. The number of nitrogen functional groups attached to an aromatic ring is 1. The molecule has 2 heterocycles. The highest BCUT2D eigenvalue weighted by Crippen LogP contribution is 2.44. The van der Waals surface area contributed by atoms with Crippen molar-refractivity contribution >= 4 is 38.2 Å². The number of likely N-dealkylation sites (tertiary alicyclic amines) is 1. The second-order valence-corrected chi connectivity index (χ2v) is 12.0. The number of nitrogens with one attached hydrogen (secondary N) is 2. The van der Waals surface area contributed by atoms with E-state index in [0.717, 1.165) is 47.0 Å². The minimum Gasteiger partial charge on any atom is -0.489 e. The first-order valence-electron chi connectivity index (χ1n) is 12.7. The monoisotopic (exact) mass is 519 g/mol. The van der Waals surface area contributed by atoms with E-state index in [0.29, 0.717) is 30.1 Å². The number of amidine groups is 2. The molecular weight excluding hydrogens is 486 g/mol. The number of hydrogen-bond donors (Lipinski definition) is 3. The summed E-state index contributed by atoms with van der Waals surface area (Å²) in [4.78, 5) is 2.03. The van der Waals surface area contributed by atoms with Gasteiger partial charge in [-0.3, -0.25) is 15.1 Å². The van der Waals surface area contributed by atoms with Crippen molar-refractivity contribution in [2.24, 2.45) is 5.73 Å². The van der Waals surface area contributed by atoms with Gasteiger partial charge in [-0.1, -0.05) is 24.3 Å². The topological polar surface area (TPSA) is 124 Å². The lowest BCUT2D eigenvalue weighted by Gasteiger charge is -2.33. The molecule has 0 aromatic heterocycles.